The molecule has 1 unspecified atom stereocenters. The van der Waals surface area contributed by atoms with Crippen molar-refractivity contribution in [2.24, 2.45) is 0 Å². The number of thiophene rings is 1. The van der Waals surface area contributed by atoms with E-state index in [4.69, 9.17) is 20.9 Å². The molecular weight excluding hydrogens is 362 g/mol. The van der Waals surface area contributed by atoms with Crippen molar-refractivity contribution in [3.63, 3.8) is 0 Å². The third-order valence-corrected chi connectivity index (χ3v) is 5.79. The maximum atomic E-state index is 12.6. The molecule has 1 saturated heterocycles. The molecule has 0 aliphatic carbocycles. The van der Waals surface area contributed by atoms with Crippen LogP contribution >= 0.6 is 22.9 Å². The van der Waals surface area contributed by atoms with E-state index >= 15 is 0 Å². The quantitative estimate of drug-likeness (QED) is 0.732. The fraction of sp³-hybridized carbons (Fsp3) is 0.588. The number of ether oxygens (including phenoxy) is 1. The molecule has 3 heterocycles. The maximum absolute atomic E-state index is 12.6. The number of carbonyl (C=O) groups excluding carboxylic acids is 1. The Bertz CT molecular complexity index is 732. The fourth-order valence-corrected chi connectivity index (χ4v) is 4.50. The minimum atomic E-state index is -0.186. The number of carbonyl (C=O) groups is 1. The van der Waals surface area contributed by atoms with E-state index in [2.05, 4.69) is 17.1 Å². The molecule has 2 aromatic heterocycles. The molecule has 0 bridgehead atoms. The summed E-state index contributed by atoms with van der Waals surface area (Å²) in [6.07, 6.45) is 3.52. The zero-order chi connectivity index (χ0) is 17.9. The van der Waals surface area contributed by atoms with Crippen LogP contribution in [0.1, 0.15) is 43.3 Å². The summed E-state index contributed by atoms with van der Waals surface area (Å²) in [7, 11) is 0. The van der Waals surface area contributed by atoms with E-state index in [0.29, 0.717) is 18.1 Å². The summed E-state index contributed by atoms with van der Waals surface area (Å²) in [6.45, 7) is 5.03. The number of hydrogen-bond acceptors (Lipinski definition) is 6. The lowest BCUT2D eigenvalue weighted by Gasteiger charge is -2.35. The number of rotatable bonds is 7. The van der Waals surface area contributed by atoms with Crippen LogP contribution in [0.3, 0.4) is 0 Å². The van der Waals surface area contributed by atoms with Crippen molar-refractivity contribution >= 4 is 28.8 Å². The smallest absolute Gasteiger partial charge is 0.252 e. The molecule has 8 heteroatoms. The molecule has 1 atom stereocenters. The highest BCUT2D eigenvalue weighted by Gasteiger charge is 2.39. The van der Waals surface area contributed by atoms with Gasteiger partial charge in [-0.1, -0.05) is 23.7 Å². The van der Waals surface area contributed by atoms with E-state index in [1.165, 1.54) is 4.88 Å². The Labute approximate surface area is 156 Å². The Balaban J connectivity index is 1.54. The summed E-state index contributed by atoms with van der Waals surface area (Å²) < 4.78 is 10.6. The van der Waals surface area contributed by atoms with Gasteiger partial charge >= 0.3 is 0 Å². The molecule has 0 aromatic carbocycles. The second kappa shape index (κ2) is 7.85. The highest BCUT2D eigenvalue weighted by molar-refractivity contribution is 7.10. The van der Waals surface area contributed by atoms with Gasteiger partial charge in [0.1, 0.15) is 13.2 Å². The monoisotopic (exact) mass is 383 g/mol. The molecule has 0 saturated carbocycles. The molecular formula is C17H22ClN3O3S. The average Bonchev–Trinajstić information content (AvgIpc) is 3.28. The van der Waals surface area contributed by atoms with E-state index in [1.54, 1.807) is 11.3 Å². The van der Waals surface area contributed by atoms with E-state index in [-0.39, 0.29) is 24.7 Å². The summed E-state index contributed by atoms with van der Waals surface area (Å²) in [5.41, 5.74) is -0.186. The van der Waals surface area contributed by atoms with Gasteiger partial charge in [0.05, 0.1) is 5.02 Å². The number of nitrogens with zero attached hydrogens (tertiary/aromatic N) is 3. The van der Waals surface area contributed by atoms with Gasteiger partial charge in [-0.3, -0.25) is 4.79 Å². The summed E-state index contributed by atoms with van der Waals surface area (Å²) in [5, 5.41) is 6.50. The van der Waals surface area contributed by atoms with E-state index in [1.807, 2.05) is 23.3 Å². The number of hydrogen-bond donors (Lipinski definition) is 0. The van der Waals surface area contributed by atoms with Gasteiger partial charge in [-0.2, -0.15) is 4.98 Å². The largest absolute Gasteiger partial charge is 0.362 e. The lowest BCUT2D eigenvalue weighted by Crippen LogP contribution is -2.47. The number of aromatic nitrogens is 2. The first-order chi connectivity index (χ1) is 12.0. The van der Waals surface area contributed by atoms with Crippen LogP contribution in [0.25, 0.3) is 0 Å². The Morgan fingerprint density at radius 3 is 3.08 bits per heavy atom. The van der Waals surface area contributed by atoms with Crippen LogP contribution in [0.15, 0.2) is 16.0 Å². The van der Waals surface area contributed by atoms with Gasteiger partial charge in [-0.25, -0.2) is 0 Å². The molecule has 2 aromatic rings. The molecule has 0 N–H and O–H groups in total. The lowest BCUT2D eigenvalue weighted by molar-refractivity contribution is -0.140. The predicted octanol–water partition coefficient (Wildman–Crippen LogP) is 3.49. The molecule has 136 valence electrons. The van der Waals surface area contributed by atoms with E-state index in [9.17, 15) is 4.79 Å². The van der Waals surface area contributed by atoms with Crippen molar-refractivity contribution in [2.75, 3.05) is 13.2 Å². The van der Waals surface area contributed by atoms with Crippen molar-refractivity contribution < 1.29 is 14.1 Å². The van der Waals surface area contributed by atoms with Crippen LogP contribution in [0.4, 0.5) is 0 Å². The summed E-state index contributed by atoms with van der Waals surface area (Å²) in [4.78, 5) is 19.9. The van der Waals surface area contributed by atoms with Crippen molar-refractivity contribution in [2.45, 2.75) is 51.7 Å². The molecule has 1 fully saturated rings. The average molecular weight is 384 g/mol. The van der Waals surface area contributed by atoms with Crippen molar-refractivity contribution in [3.05, 3.63) is 33.1 Å². The normalized spacial score (nSPS) is 20.4. The third-order valence-electron chi connectivity index (χ3n) is 4.50. The van der Waals surface area contributed by atoms with Crippen molar-refractivity contribution in [1.82, 2.24) is 15.0 Å². The summed E-state index contributed by atoms with van der Waals surface area (Å²) in [6, 6.07) is 1.98. The minimum Gasteiger partial charge on any atom is -0.362 e. The van der Waals surface area contributed by atoms with Crippen LogP contribution in [0, 0.1) is 0 Å². The van der Waals surface area contributed by atoms with Gasteiger partial charge in [0.25, 0.3) is 5.89 Å². The van der Waals surface area contributed by atoms with Gasteiger partial charge in [0, 0.05) is 35.2 Å². The van der Waals surface area contributed by atoms with Gasteiger partial charge in [-0.15, -0.1) is 11.3 Å². The highest BCUT2D eigenvalue weighted by atomic mass is 35.5. The Morgan fingerprint density at radius 2 is 2.40 bits per heavy atom. The van der Waals surface area contributed by atoms with Crippen LogP contribution in [0.2, 0.25) is 5.02 Å². The van der Waals surface area contributed by atoms with Gasteiger partial charge in [-0.05, 0) is 25.8 Å². The first kappa shape index (κ1) is 18.4. The Morgan fingerprint density at radius 1 is 1.56 bits per heavy atom. The predicted molar refractivity (Wildman–Crippen MR) is 95.7 cm³/mol. The summed E-state index contributed by atoms with van der Waals surface area (Å²) in [5.74, 6) is 1.05. The van der Waals surface area contributed by atoms with Gasteiger partial charge in [0.2, 0.25) is 5.91 Å². The maximum Gasteiger partial charge on any atom is 0.252 e. The molecule has 6 nitrogen and oxygen atoms in total. The van der Waals surface area contributed by atoms with Crippen LogP contribution in [-0.2, 0) is 29.0 Å². The second-order valence-electron chi connectivity index (χ2n) is 6.50. The molecule has 1 aliphatic heterocycles. The Kier molecular flexibility index (Phi) is 5.76. The number of likely N-dealkylation sites (tertiary alicyclic amines) is 1. The van der Waals surface area contributed by atoms with Crippen molar-refractivity contribution in [3.8, 4) is 0 Å². The first-order valence-corrected chi connectivity index (χ1v) is 9.68. The van der Waals surface area contributed by atoms with E-state index in [0.717, 1.165) is 30.8 Å². The minimum absolute atomic E-state index is 0.00196. The van der Waals surface area contributed by atoms with Crippen LogP contribution < -0.4 is 0 Å². The lowest BCUT2D eigenvalue weighted by atomic mass is 9.93. The molecule has 3 rings (SSSR count). The van der Waals surface area contributed by atoms with Gasteiger partial charge < -0.3 is 14.2 Å². The van der Waals surface area contributed by atoms with Gasteiger partial charge in [0.15, 0.2) is 5.82 Å². The fourth-order valence-electron chi connectivity index (χ4n) is 3.25. The Hall–Kier alpha value is -1.44. The molecule has 25 heavy (non-hydrogen) atoms. The molecule has 0 radical (unpaired) electrons. The SMILES string of the molecule is CCc1noc(COCC(=O)N2CCCC2(C)Cc2cc(Cl)cs2)n1. The zero-order valence-corrected chi connectivity index (χ0v) is 16.0. The van der Waals surface area contributed by atoms with Crippen LogP contribution in [-0.4, -0.2) is 39.6 Å². The topological polar surface area (TPSA) is 68.5 Å². The third kappa shape index (κ3) is 4.40. The first-order valence-electron chi connectivity index (χ1n) is 8.43. The number of aryl methyl sites for hydroxylation is 1. The molecule has 0 spiro atoms. The summed E-state index contributed by atoms with van der Waals surface area (Å²) >= 11 is 7.66. The second-order valence-corrected chi connectivity index (χ2v) is 7.94. The number of amides is 1. The van der Waals surface area contributed by atoms with Crippen molar-refractivity contribution in [1.29, 1.82) is 0 Å². The number of halogens is 1. The standard InChI is InChI=1S/C17H22ClN3O3S/c1-3-14-19-15(24-20-14)9-23-10-16(22)21-6-4-5-17(21,2)8-13-7-12(18)11-25-13/h7,11H,3-6,8-10H2,1-2H3. The highest BCUT2D eigenvalue weighted by Crippen LogP contribution is 2.34. The zero-order valence-electron chi connectivity index (χ0n) is 14.5. The van der Waals surface area contributed by atoms with Crippen LogP contribution in [0.5, 0.6) is 0 Å². The molecule has 1 aliphatic rings. The molecule has 1 amide bonds. The van der Waals surface area contributed by atoms with E-state index < -0.39 is 0 Å².